The number of hydrogen-bond donors (Lipinski definition) is 0. The molecule has 0 saturated carbocycles. The molecule has 2 atom stereocenters. The highest BCUT2D eigenvalue weighted by Gasteiger charge is 2.34. The second kappa shape index (κ2) is 5.36. The molecule has 1 saturated heterocycles. The summed E-state index contributed by atoms with van der Waals surface area (Å²) < 4.78 is 23.8. The average Bonchev–Trinajstić information content (AvgIpc) is 2.29. The molecule has 1 aliphatic rings. The molecule has 1 aliphatic heterocycles. The molecule has 2 heterocycles. The number of sulfone groups is 1. The lowest BCUT2D eigenvalue weighted by Crippen LogP contribution is -2.36. The molecule has 5 heteroatoms. The van der Waals surface area contributed by atoms with Gasteiger partial charge < -0.3 is 0 Å². The summed E-state index contributed by atoms with van der Waals surface area (Å²) in [6.07, 6.45) is 6.43. The number of nitrogens with zero attached hydrogens (tertiary/aromatic N) is 1. The number of hydrogen-bond acceptors (Lipinski definition) is 3. The fourth-order valence-electron chi connectivity index (χ4n) is 2.26. The highest BCUT2D eigenvalue weighted by Crippen LogP contribution is 2.27. The van der Waals surface area contributed by atoms with Gasteiger partial charge in [0.05, 0.1) is 16.4 Å². The van der Waals surface area contributed by atoms with Gasteiger partial charge in [0.1, 0.15) is 0 Å². The molecule has 0 bridgehead atoms. The maximum atomic E-state index is 11.9. The molecule has 0 aromatic carbocycles. The summed E-state index contributed by atoms with van der Waals surface area (Å²) >= 11 is 6.28. The van der Waals surface area contributed by atoms with Gasteiger partial charge in [-0.25, -0.2) is 8.42 Å². The van der Waals surface area contributed by atoms with E-state index >= 15 is 0 Å². The summed E-state index contributed by atoms with van der Waals surface area (Å²) in [4.78, 5) is 3.93. The molecule has 2 rings (SSSR count). The average molecular weight is 274 g/mol. The van der Waals surface area contributed by atoms with E-state index in [-0.39, 0.29) is 16.4 Å². The number of halogens is 1. The van der Waals surface area contributed by atoms with Crippen molar-refractivity contribution in [2.75, 3.05) is 5.75 Å². The van der Waals surface area contributed by atoms with Crippen LogP contribution in [0.25, 0.3) is 0 Å². The first-order valence-corrected chi connectivity index (χ1v) is 7.99. The van der Waals surface area contributed by atoms with Crippen molar-refractivity contribution in [3.8, 4) is 0 Å². The molecule has 1 aromatic heterocycles. The molecular formula is C12H16ClNO2S. The number of rotatable bonds is 3. The van der Waals surface area contributed by atoms with E-state index in [0.29, 0.717) is 12.8 Å². The van der Waals surface area contributed by atoms with Gasteiger partial charge in [-0.15, -0.1) is 11.6 Å². The molecule has 1 aromatic rings. The van der Waals surface area contributed by atoms with E-state index in [1.807, 2.05) is 12.1 Å². The van der Waals surface area contributed by atoms with Gasteiger partial charge in [0.25, 0.3) is 0 Å². The lowest BCUT2D eigenvalue weighted by molar-refractivity contribution is 0.529. The standard InChI is InChI=1S/C12H16ClNO2S/c13-11(9-10-4-6-14-7-5-10)12-3-1-2-8-17(12,15)16/h4-7,11-12H,1-3,8-9H2. The zero-order valence-corrected chi connectivity index (χ0v) is 11.1. The summed E-state index contributed by atoms with van der Waals surface area (Å²) in [5.74, 6) is 0.289. The minimum atomic E-state index is -2.99. The fraction of sp³-hybridized carbons (Fsp3) is 0.583. The van der Waals surface area contributed by atoms with Crippen LogP contribution in [-0.4, -0.2) is 29.8 Å². The third-order valence-corrected chi connectivity index (χ3v) is 6.16. The van der Waals surface area contributed by atoms with Crippen molar-refractivity contribution < 1.29 is 8.42 Å². The molecule has 17 heavy (non-hydrogen) atoms. The normalized spacial score (nSPS) is 25.4. The van der Waals surface area contributed by atoms with Gasteiger partial charge in [0.2, 0.25) is 0 Å². The largest absolute Gasteiger partial charge is 0.265 e. The van der Waals surface area contributed by atoms with Crippen LogP contribution in [-0.2, 0) is 16.3 Å². The van der Waals surface area contributed by atoms with E-state index in [1.54, 1.807) is 12.4 Å². The van der Waals surface area contributed by atoms with E-state index in [0.717, 1.165) is 18.4 Å². The predicted octanol–water partition coefficient (Wildman–Crippen LogP) is 2.20. The van der Waals surface area contributed by atoms with Crippen LogP contribution in [0.1, 0.15) is 24.8 Å². The van der Waals surface area contributed by atoms with Gasteiger partial charge >= 0.3 is 0 Å². The Bertz CT molecular complexity index is 461. The maximum absolute atomic E-state index is 11.9. The Morgan fingerprint density at radius 2 is 2.06 bits per heavy atom. The first-order valence-electron chi connectivity index (χ1n) is 5.84. The van der Waals surface area contributed by atoms with Crippen LogP contribution < -0.4 is 0 Å². The molecule has 2 unspecified atom stereocenters. The maximum Gasteiger partial charge on any atom is 0.154 e. The van der Waals surface area contributed by atoms with Crippen LogP contribution in [0, 0.1) is 0 Å². The van der Waals surface area contributed by atoms with Crippen molar-refractivity contribution in [3.63, 3.8) is 0 Å². The first-order chi connectivity index (χ1) is 8.09. The molecule has 0 radical (unpaired) electrons. The summed E-state index contributed by atoms with van der Waals surface area (Å²) in [5, 5.41) is -0.714. The van der Waals surface area contributed by atoms with Crippen molar-refractivity contribution in [2.45, 2.75) is 36.3 Å². The molecular weight excluding hydrogens is 258 g/mol. The third-order valence-electron chi connectivity index (χ3n) is 3.21. The van der Waals surface area contributed by atoms with Crippen LogP contribution in [0.2, 0.25) is 0 Å². The van der Waals surface area contributed by atoms with Crippen molar-refractivity contribution in [1.29, 1.82) is 0 Å². The van der Waals surface area contributed by atoms with Crippen molar-refractivity contribution >= 4 is 21.4 Å². The van der Waals surface area contributed by atoms with E-state index in [2.05, 4.69) is 4.98 Å². The summed E-state index contributed by atoms with van der Waals surface area (Å²) in [5.41, 5.74) is 1.04. The summed E-state index contributed by atoms with van der Waals surface area (Å²) in [6.45, 7) is 0. The number of pyridine rings is 1. The molecule has 94 valence electrons. The van der Waals surface area contributed by atoms with Crippen molar-refractivity contribution in [3.05, 3.63) is 30.1 Å². The molecule has 0 aliphatic carbocycles. The molecule has 0 amide bonds. The molecule has 0 N–H and O–H groups in total. The van der Waals surface area contributed by atoms with E-state index < -0.39 is 9.84 Å². The fourth-order valence-corrected chi connectivity index (χ4v) is 5.02. The molecule has 3 nitrogen and oxygen atoms in total. The van der Waals surface area contributed by atoms with Gasteiger partial charge in [0, 0.05) is 12.4 Å². The van der Waals surface area contributed by atoms with Gasteiger partial charge in [-0.1, -0.05) is 6.42 Å². The van der Waals surface area contributed by atoms with Gasteiger partial charge in [-0.2, -0.15) is 0 Å². The Morgan fingerprint density at radius 3 is 2.71 bits per heavy atom. The predicted molar refractivity (Wildman–Crippen MR) is 69.0 cm³/mol. The molecule has 0 spiro atoms. The van der Waals surface area contributed by atoms with Crippen LogP contribution in [0.15, 0.2) is 24.5 Å². The Hall–Kier alpha value is -0.610. The SMILES string of the molecule is O=S1(=O)CCCCC1C(Cl)Cc1ccncc1. The minimum absolute atomic E-state index is 0.289. The number of aromatic nitrogens is 1. The van der Waals surface area contributed by atoms with Gasteiger partial charge in [-0.3, -0.25) is 4.98 Å². The van der Waals surface area contributed by atoms with E-state index in [4.69, 9.17) is 11.6 Å². The lowest BCUT2D eigenvalue weighted by atomic mass is 10.1. The monoisotopic (exact) mass is 273 g/mol. The van der Waals surface area contributed by atoms with Crippen LogP contribution in [0.4, 0.5) is 0 Å². The highest BCUT2D eigenvalue weighted by molar-refractivity contribution is 7.92. The highest BCUT2D eigenvalue weighted by atomic mass is 35.5. The van der Waals surface area contributed by atoms with Gasteiger partial charge in [0.15, 0.2) is 9.84 Å². The Labute approximate surface area is 107 Å². The quantitative estimate of drug-likeness (QED) is 0.793. The lowest BCUT2D eigenvalue weighted by Gasteiger charge is -2.26. The zero-order valence-electron chi connectivity index (χ0n) is 9.55. The van der Waals surface area contributed by atoms with Crippen LogP contribution in [0.5, 0.6) is 0 Å². The Morgan fingerprint density at radius 1 is 1.35 bits per heavy atom. The van der Waals surface area contributed by atoms with Crippen molar-refractivity contribution in [2.24, 2.45) is 0 Å². The zero-order chi connectivity index (χ0) is 12.3. The topological polar surface area (TPSA) is 47.0 Å². The van der Waals surface area contributed by atoms with Crippen LogP contribution in [0.3, 0.4) is 0 Å². The summed E-state index contributed by atoms with van der Waals surface area (Å²) in [7, 11) is -2.99. The smallest absolute Gasteiger partial charge is 0.154 e. The Balaban J connectivity index is 2.07. The second-order valence-corrected chi connectivity index (χ2v) is 7.38. The van der Waals surface area contributed by atoms with E-state index in [1.165, 1.54) is 0 Å². The first kappa shape index (κ1) is 12.8. The van der Waals surface area contributed by atoms with Crippen molar-refractivity contribution in [1.82, 2.24) is 4.98 Å². The Kier molecular flexibility index (Phi) is 4.05. The van der Waals surface area contributed by atoms with E-state index in [9.17, 15) is 8.42 Å². The number of alkyl halides is 1. The van der Waals surface area contributed by atoms with Gasteiger partial charge in [-0.05, 0) is 37.0 Å². The molecule has 1 fully saturated rings. The third kappa shape index (κ3) is 3.19. The second-order valence-electron chi connectivity index (χ2n) is 4.48. The van der Waals surface area contributed by atoms with Crippen LogP contribution >= 0.6 is 11.6 Å². The summed E-state index contributed by atoms with van der Waals surface area (Å²) in [6, 6.07) is 3.76. The minimum Gasteiger partial charge on any atom is -0.265 e.